The van der Waals surface area contributed by atoms with Gasteiger partial charge in [-0.1, -0.05) is 0 Å². The number of nitrogens with one attached hydrogen (secondary N) is 1. The van der Waals surface area contributed by atoms with Gasteiger partial charge in [0, 0.05) is 25.8 Å². The van der Waals surface area contributed by atoms with Crippen LogP contribution in [0.15, 0.2) is 35.4 Å². The summed E-state index contributed by atoms with van der Waals surface area (Å²) in [6.07, 6.45) is 1.70. The van der Waals surface area contributed by atoms with E-state index in [4.69, 9.17) is 5.26 Å². The van der Waals surface area contributed by atoms with Crippen molar-refractivity contribution in [2.24, 2.45) is 7.05 Å². The monoisotopic (exact) mass is 314 g/mol. The van der Waals surface area contributed by atoms with Crippen LogP contribution >= 0.6 is 0 Å². The van der Waals surface area contributed by atoms with E-state index in [-0.39, 0.29) is 24.2 Å². The smallest absolute Gasteiger partial charge is 0.324 e. The highest BCUT2D eigenvalue weighted by Crippen LogP contribution is 2.13. The van der Waals surface area contributed by atoms with Gasteiger partial charge in [-0.05, 0) is 31.2 Å². The quantitative estimate of drug-likeness (QED) is 0.921. The van der Waals surface area contributed by atoms with E-state index in [0.717, 1.165) is 0 Å². The number of nitrogens with zero attached hydrogens (tertiary/aromatic N) is 5. The maximum Gasteiger partial charge on any atom is 0.350 e. The van der Waals surface area contributed by atoms with Crippen LogP contribution in [-0.4, -0.2) is 38.4 Å². The predicted molar refractivity (Wildman–Crippen MR) is 85.3 cm³/mol. The zero-order chi connectivity index (χ0) is 17.0. The molecule has 0 bridgehead atoms. The predicted octanol–water partition coefficient (Wildman–Crippen LogP) is 1.34. The van der Waals surface area contributed by atoms with Gasteiger partial charge < -0.3 is 10.2 Å². The van der Waals surface area contributed by atoms with Crippen LogP contribution in [0.5, 0.6) is 0 Å². The maximum atomic E-state index is 12.1. The fourth-order valence-electron chi connectivity index (χ4n) is 1.92. The number of urea groups is 1. The van der Waals surface area contributed by atoms with Crippen LogP contribution in [-0.2, 0) is 7.05 Å². The lowest BCUT2D eigenvalue weighted by atomic mass is 10.2. The van der Waals surface area contributed by atoms with E-state index >= 15 is 0 Å². The molecule has 2 amide bonds. The van der Waals surface area contributed by atoms with E-state index in [9.17, 15) is 9.59 Å². The lowest BCUT2D eigenvalue weighted by molar-refractivity contribution is 0.208. The zero-order valence-electron chi connectivity index (χ0n) is 13.2. The second-order valence-electron chi connectivity index (χ2n) is 5.24. The average molecular weight is 314 g/mol. The molecule has 1 aromatic heterocycles. The largest absolute Gasteiger partial charge is 0.350 e. The van der Waals surface area contributed by atoms with Crippen molar-refractivity contribution in [1.82, 2.24) is 19.2 Å². The third-order valence-corrected chi connectivity index (χ3v) is 3.55. The Morgan fingerprint density at radius 3 is 2.61 bits per heavy atom. The molecule has 1 heterocycles. The van der Waals surface area contributed by atoms with Crippen molar-refractivity contribution in [2.75, 3.05) is 12.4 Å². The highest BCUT2D eigenvalue weighted by Gasteiger charge is 2.15. The zero-order valence-corrected chi connectivity index (χ0v) is 13.2. The number of carbonyl (C=O) groups excluding carboxylic acids is 1. The van der Waals surface area contributed by atoms with Crippen LogP contribution in [0.4, 0.5) is 10.5 Å². The summed E-state index contributed by atoms with van der Waals surface area (Å²) < 4.78 is 2.65. The SMILES string of the molecule is C[C@H](CC#N)N(C)C(=O)Nc1ccc(-n2ncn(C)c2=O)cc1. The molecule has 1 N–H and O–H groups in total. The van der Waals surface area contributed by atoms with E-state index < -0.39 is 0 Å². The molecule has 0 aliphatic carbocycles. The molecule has 0 unspecified atom stereocenters. The number of benzene rings is 1. The summed E-state index contributed by atoms with van der Waals surface area (Å²) in [5, 5.41) is 15.4. The number of aromatic nitrogens is 3. The molecule has 0 radical (unpaired) electrons. The molecule has 1 atom stereocenters. The van der Waals surface area contributed by atoms with Gasteiger partial charge in [0.15, 0.2) is 0 Å². The van der Waals surface area contributed by atoms with Crippen molar-refractivity contribution < 1.29 is 4.79 Å². The summed E-state index contributed by atoms with van der Waals surface area (Å²) in [6.45, 7) is 1.80. The van der Waals surface area contributed by atoms with Gasteiger partial charge in [0.2, 0.25) is 0 Å². The van der Waals surface area contributed by atoms with Gasteiger partial charge in [-0.25, -0.2) is 9.59 Å². The molecular formula is C15H18N6O2. The van der Waals surface area contributed by atoms with Gasteiger partial charge in [0.05, 0.1) is 18.2 Å². The fraction of sp³-hybridized carbons (Fsp3) is 0.333. The minimum absolute atomic E-state index is 0.175. The van der Waals surface area contributed by atoms with Crippen LogP contribution in [0.2, 0.25) is 0 Å². The van der Waals surface area contributed by atoms with E-state index in [2.05, 4.69) is 10.4 Å². The first-order chi connectivity index (χ1) is 10.9. The average Bonchev–Trinajstić information content (AvgIpc) is 2.87. The Morgan fingerprint density at radius 1 is 1.43 bits per heavy atom. The summed E-state index contributed by atoms with van der Waals surface area (Å²) in [5.74, 6) is 0. The first kappa shape index (κ1) is 16.3. The number of carbonyl (C=O) groups is 1. The number of hydrogen-bond donors (Lipinski definition) is 1. The third kappa shape index (κ3) is 3.58. The lowest BCUT2D eigenvalue weighted by Crippen LogP contribution is -2.38. The number of nitriles is 1. The fourth-order valence-corrected chi connectivity index (χ4v) is 1.92. The first-order valence-corrected chi connectivity index (χ1v) is 7.06. The van der Waals surface area contributed by atoms with E-state index in [1.54, 1.807) is 45.3 Å². The van der Waals surface area contributed by atoms with E-state index in [1.165, 1.54) is 20.5 Å². The van der Waals surface area contributed by atoms with Gasteiger partial charge in [-0.3, -0.25) is 4.57 Å². The molecule has 0 spiro atoms. The minimum Gasteiger partial charge on any atom is -0.324 e. The number of rotatable bonds is 4. The molecule has 0 aliphatic heterocycles. The van der Waals surface area contributed by atoms with Crippen molar-refractivity contribution in [3.63, 3.8) is 0 Å². The van der Waals surface area contributed by atoms with E-state index in [1.807, 2.05) is 6.07 Å². The summed E-state index contributed by atoms with van der Waals surface area (Å²) in [6, 6.07) is 8.34. The van der Waals surface area contributed by atoms with E-state index in [0.29, 0.717) is 11.4 Å². The van der Waals surface area contributed by atoms with Crippen molar-refractivity contribution >= 4 is 11.7 Å². The minimum atomic E-state index is -0.296. The van der Waals surface area contributed by atoms with Gasteiger partial charge in [0.25, 0.3) is 0 Å². The maximum absolute atomic E-state index is 12.1. The molecule has 0 saturated carbocycles. The molecule has 0 fully saturated rings. The summed E-state index contributed by atoms with van der Waals surface area (Å²) in [4.78, 5) is 25.4. The summed E-state index contributed by atoms with van der Waals surface area (Å²) in [7, 11) is 3.26. The van der Waals surface area contributed by atoms with Crippen molar-refractivity contribution in [1.29, 1.82) is 5.26 Å². The number of anilines is 1. The Balaban J connectivity index is 2.09. The molecule has 0 aliphatic rings. The van der Waals surface area contributed by atoms with Crippen LogP contribution in [0.1, 0.15) is 13.3 Å². The molecule has 8 heteroatoms. The van der Waals surface area contributed by atoms with Gasteiger partial charge >= 0.3 is 11.7 Å². The number of amides is 2. The molecule has 2 rings (SSSR count). The Hall–Kier alpha value is -3.08. The Bertz CT molecular complexity index is 784. The van der Waals surface area contributed by atoms with Gasteiger partial charge in [-0.15, -0.1) is 0 Å². The Morgan fingerprint density at radius 2 is 2.09 bits per heavy atom. The van der Waals surface area contributed by atoms with Crippen molar-refractivity contribution in [3.05, 3.63) is 41.1 Å². The highest BCUT2D eigenvalue weighted by atomic mass is 16.2. The summed E-state index contributed by atoms with van der Waals surface area (Å²) in [5.41, 5.74) is 0.963. The van der Waals surface area contributed by atoms with Crippen LogP contribution in [0.3, 0.4) is 0 Å². The van der Waals surface area contributed by atoms with Crippen LogP contribution in [0.25, 0.3) is 5.69 Å². The summed E-state index contributed by atoms with van der Waals surface area (Å²) >= 11 is 0. The standard InChI is InChI=1S/C15H18N6O2/c1-11(8-9-16)20(3)14(22)18-12-4-6-13(7-5-12)21-15(23)19(2)10-17-21/h4-7,10-11H,8H2,1-3H3,(H,18,22)/t11-/m1/s1. The second-order valence-corrected chi connectivity index (χ2v) is 5.24. The lowest BCUT2D eigenvalue weighted by Gasteiger charge is -2.23. The highest BCUT2D eigenvalue weighted by molar-refractivity contribution is 5.89. The van der Waals surface area contributed by atoms with Crippen LogP contribution < -0.4 is 11.0 Å². The molecule has 23 heavy (non-hydrogen) atoms. The third-order valence-electron chi connectivity index (χ3n) is 3.55. The number of aryl methyl sites for hydroxylation is 1. The molecular weight excluding hydrogens is 296 g/mol. The molecule has 2 aromatic rings. The Kier molecular flexibility index (Phi) is 4.81. The Labute approximate surface area is 133 Å². The van der Waals surface area contributed by atoms with Crippen molar-refractivity contribution in [3.8, 4) is 11.8 Å². The van der Waals surface area contributed by atoms with Gasteiger partial charge in [-0.2, -0.15) is 15.0 Å². The normalized spacial score (nSPS) is 11.6. The van der Waals surface area contributed by atoms with Gasteiger partial charge in [0.1, 0.15) is 6.33 Å². The first-order valence-electron chi connectivity index (χ1n) is 7.06. The number of hydrogen-bond acceptors (Lipinski definition) is 4. The molecule has 0 saturated heterocycles. The van der Waals surface area contributed by atoms with Crippen LogP contribution in [0, 0.1) is 11.3 Å². The second kappa shape index (κ2) is 6.79. The molecule has 120 valence electrons. The van der Waals surface area contributed by atoms with Crippen molar-refractivity contribution in [2.45, 2.75) is 19.4 Å². The molecule has 1 aromatic carbocycles. The topological polar surface area (TPSA) is 95.9 Å². The molecule has 8 nitrogen and oxygen atoms in total.